The van der Waals surface area contributed by atoms with Crippen LogP contribution < -0.4 is 20.9 Å². The van der Waals surface area contributed by atoms with Gasteiger partial charge >= 0.3 is 6.03 Å². The molecule has 2 aliphatic heterocycles. The summed E-state index contributed by atoms with van der Waals surface area (Å²) in [7, 11) is 1.60. The molecule has 34 heavy (non-hydrogen) atoms. The van der Waals surface area contributed by atoms with Gasteiger partial charge in [0, 0.05) is 55.4 Å². The highest BCUT2D eigenvalue weighted by atomic mass is 32.1. The van der Waals surface area contributed by atoms with Crippen LogP contribution in [0.1, 0.15) is 34.1 Å². The van der Waals surface area contributed by atoms with E-state index in [1.54, 1.807) is 24.1 Å². The summed E-state index contributed by atoms with van der Waals surface area (Å²) in [6.45, 7) is 1.98. The van der Waals surface area contributed by atoms with Gasteiger partial charge in [-0.1, -0.05) is 22.7 Å². The topological polar surface area (TPSA) is 118 Å². The molecule has 0 spiro atoms. The maximum atomic E-state index is 13.0. The molecule has 176 valence electrons. The van der Waals surface area contributed by atoms with Crippen LogP contribution in [0.3, 0.4) is 0 Å². The summed E-state index contributed by atoms with van der Waals surface area (Å²) in [5.41, 5.74) is 1.97. The number of aromatic nitrogens is 3. The van der Waals surface area contributed by atoms with E-state index in [0.717, 1.165) is 35.0 Å². The molecule has 2 N–H and O–H groups in total. The Morgan fingerprint density at radius 2 is 1.97 bits per heavy atom. The lowest BCUT2D eigenvalue weighted by Gasteiger charge is -2.42. The molecule has 2 atom stereocenters. The SMILES string of the molecule is COc1ccc(CNC(=O)c2nnsc2NC(=O)N2C[C@H]3C[C@H](C2)c2cccc(=O)n2C3)cc1. The van der Waals surface area contributed by atoms with Crippen molar-refractivity contribution >= 4 is 28.5 Å². The third-order valence-electron chi connectivity index (χ3n) is 6.30. The Morgan fingerprint density at radius 3 is 2.76 bits per heavy atom. The fraction of sp³-hybridized carbons (Fsp3) is 0.348. The van der Waals surface area contributed by atoms with E-state index in [9.17, 15) is 14.4 Å². The molecule has 1 aromatic carbocycles. The Kier molecular flexibility index (Phi) is 6.01. The van der Waals surface area contributed by atoms with Crippen molar-refractivity contribution in [3.05, 3.63) is 69.8 Å². The highest BCUT2D eigenvalue weighted by Crippen LogP contribution is 2.35. The van der Waals surface area contributed by atoms with E-state index >= 15 is 0 Å². The van der Waals surface area contributed by atoms with Crippen LogP contribution in [-0.4, -0.2) is 51.2 Å². The summed E-state index contributed by atoms with van der Waals surface area (Å²) in [4.78, 5) is 39.7. The molecule has 2 bridgehead atoms. The van der Waals surface area contributed by atoms with Crippen LogP contribution in [0.4, 0.5) is 9.80 Å². The first-order valence-corrected chi connectivity index (χ1v) is 11.8. The number of rotatable bonds is 5. The normalized spacial score (nSPS) is 18.7. The molecule has 10 nitrogen and oxygen atoms in total. The standard InChI is InChI=1S/C23H24N6O4S/c1-33-17-7-5-14(6-8-17)10-24-21(31)20-22(34-27-26-20)25-23(32)28-11-15-9-16(13-28)18-3-2-4-19(30)29(18)12-15/h2-8,15-16H,9-13H2,1H3,(H,24,31)(H,25,32)/t15-,16-/m1/s1. The molecule has 4 heterocycles. The quantitative estimate of drug-likeness (QED) is 0.579. The number of pyridine rings is 1. The second kappa shape index (κ2) is 9.26. The van der Waals surface area contributed by atoms with Crippen molar-refractivity contribution in [3.63, 3.8) is 0 Å². The van der Waals surface area contributed by atoms with Crippen LogP contribution in [0.15, 0.2) is 47.3 Å². The molecular weight excluding hydrogens is 456 g/mol. The van der Waals surface area contributed by atoms with E-state index in [-0.39, 0.29) is 29.1 Å². The van der Waals surface area contributed by atoms with Gasteiger partial charge in [0.15, 0.2) is 10.7 Å². The molecular formula is C23H24N6O4S. The molecule has 2 aliphatic rings. The Labute approximate surface area is 199 Å². The molecule has 3 aromatic rings. The molecule has 5 rings (SSSR count). The average Bonchev–Trinajstić information content (AvgIpc) is 3.31. The summed E-state index contributed by atoms with van der Waals surface area (Å²) in [5, 5.41) is 9.85. The summed E-state index contributed by atoms with van der Waals surface area (Å²) < 4.78 is 10.8. The van der Waals surface area contributed by atoms with Crippen molar-refractivity contribution in [2.45, 2.75) is 25.4 Å². The summed E-state index contributed by atoms with van der Waals surface area (Å²) in [5.74, 6) is 0.646. The number of carbonyl (C=O) groups is 2. The lowest BCUT2D eigenvalue weighted by atomic mass is 9.83. The zero-order chi connectivity index (χ0) is 23.7. The second-order valence-corrected chi connectivity index (χ2v) is 9.27. The monoisotopic (exact) mass is 480 g/mol. The predicted octanol–water partition coefficient (Wildman–Crippen LogP) is 2.29. The molecule has 0 radical (unpaired) electrons. The van der Waals surface area contributed by atoms with Gasteiger partial charge in [0.2, 0.25) is 0 Å². The largest absolute Gasteiger partial charge is 0.497 e. The first kappa shape index (κ1) is 22.1. The number of likely N-dealkylation sites (tertiary alicyclic amines) is 1. The zero-order valence-corrected chi connectivity index (χ0v) is 19.4. The van der Waals surface area contributed by atoms with Gasteiger partial charge in [-0.3, -0.25) is 14.9 Å². The predicted molar refractivity (Wildman–Crippen MR) is 126 cm³/mol. The van der Waals surface area contributed by atoms with Crippen LogP contribution in [0, 0.1) is 5.92 Å². The average molecular weight is 481 g/mol. The Balaban J connectivity index is 1.23. The van der Waals surface area contributed by atoms with Gasteiger partial charge < -0.3 is 19.5 Å². The third kappa shape index (κ3) is 4.38. The van der Waals surface area contributed by atoms with E-state index in [1.807, 2.05) is 34.9 Å². The van der Waals surface area contributed by atoms with Crippen molar-refractivity contribution in [3.8, 4) is 5.75 Å². The fourth-order valence-electron chi connectivity index (χ4n) is 4.67. The smallest absolute Gasteiger partial charge is 0.322 e. The molecule has 0 aliphatic carbocycles. The summed E-state index contributed by atoms with van der Waals surface area (Å²) in [6, 6.07) is 12.4. The van der Waals surface area contributed by atoms with Gasteiger partial charge in [-0.15, -0.1) is 5.10 Å². The summed E-state index contributed by atoms with van der Waals surface area (Å²) in [6.07, 6.45) is 0.953. The maximum absolute atomic E-state index is 13.0. The minimum atomic E-state index is -0.413. The van der Waals surface area contributed by atoms with Gasteiger partial charge in [0.1, 0.15) is 5.75 Å². The van der Waals surface area contributed by atoms with E-state index in [1.165, 1.54) is 0 Å². The van der Waals surface area contributed by atoms with E-state index in [0.29, 0.717) is 31.2 Å². The molecule has 11 heteroatoms. The third-order valence-corrected chi connectivity index (χ3v) is 6.94. The van der Waals surface area contributed by atoms with Crippen LogP contribution >= 0.6 is 11.5 Å². The van der Waals surface area contributed by atoms with Gasteiger partial charge in [0.25, 0.3) is 11.5 Å². The number of piperidine rings is 1. The number of hydrogen-bond donors (Lipinski definition) is 2. The number of urea groups is 1. The Hall–Kier alpha value is -3.73. The number of hydrogen-bond acceptors (Lipinski definition) is 7. The van der Waals surface area contributed by atoms with Crippen molar-refractivity contribution in [1.82, 2.24) is 24.4 Å². The van der Waals surface area contributed by atoms with Crippen molar-refractivity contribution < 1.29 is 14.3 Å². The molecule has 3 amide bonds. The number of benzene rings is 1. The highest BCUT2D eigenvalue weighted by Gasteiger charge is 2.36. The minimum absolute atomic E-state index is 0.00568. The number of carbonyl (C=O) groups excluding carboxylic acids is 2. The van der Waals surface area contributed by atoms with Crippen LogP contribution in [-0.2, 0) is 13.1 Å². The first-order valence-electron chi connectivity index (χ1n) is 11.0. The van der Waals surface area contributed by atoms with Gasteiger partial charge in [-0.2, -0.15) is 0 Å². The fourth-order valence-corrected chi connectivity index (χ4v) is 5.23. The molecule has 0 unspecified atom stereocenters. The number of ether oxygens (including phenoxy) is 1. The molecule has 1 fully saturated rings. The number of nitrogens with one attached hydrogen (secondary N) is 2. The van der Waals surface area contributed by atoms with E-state index in [4.69, 9.17) is 4.74 Å². The van der Waals surface area contributed by atoms with Gasteiger partial charge in [0.05, 0.1) is 7.11 Å². The van der Waals surface area contributed by atoms with Crippen molar-refractivity contribution in [1.29, 1.82) is 0 Å². The Bertz CT molecular complexity index is 1270. The molecule has 0 saturated carbocycles. The van der Waals surface area contributed by atoms with Crippen LogP contribution in [0.2, 0.25) is 0 Å². The second-order valence-electron chi connectivity index (χ2n) is 8.51. The lowest BCUT2D eigenvalue weighted by molar-refractivity contribution is 0.0946. The van der Waals surface area contributed by atoms with Crippen LogP contribution in [0.5, 0.6) is 5.75 Å². The van der Waals surface area contributed by atoms with Crippen molar-refractivity contribution in [2.75, 3.05) is 25.5 Å². The van der Waals surface area contributed by atoms with Gasteiger partial charge in [-0.25, -0.2) is 4.79 Å². The number of fused-ring (bicyclic) bond motifs is 4. The zero-order valence-electron chi connectivity index (χ0n) is 18.6. The maximum Gasteiger partial charge on any atom is 0.322 e. The van der Waals surface area contributed by atoms with Crippen molar-refractivity contribution in [2.24, 2.45) is 5.92 Å². The number of methoxy groups -OCH3 is 1. The number of amides is 3. The van der Waals surface area contributed by atoms with Crippen LogP contribution in [0.25, 0.3) is 0 Å². The van der Waals surface area contributed by atoms with E-state index in [2.05, 4.69) is 20.2 Å². The van der Waals surface area contributed by atoms with Gasteiger partial charge in [-0.05, 0) is 36.1 Å². The highest BCUT2D eigenvalue weighted by molar-refractivity contribution is 7.10. The number of anilines is 1. The minimum Gasteiger partial charge on any atom is -0.497 e. The molecule has 1 saturated heterocycles. The molecule has 2 aromatic heterocycles. The summed E-state index contributed by atoms with van der Waals surface area (Å²) >= 11 is 0.966. The number of nitrogens with zero attached hydrogens (tertiary/aromatic N) is 4. The Morgan fingerprint density at radius 1 is 1.15 bits per heavy atom. The lowest BCUT2D eigenvalue weighted by Crippen LogP contribution is -2.50. The van der Waals surface area contributed by atoms with E-state index < -0.39 is 5.91 Å². The first-order chi connectivity index (χ1) is 16.5.